The van der Waals surface area contributed by atoms with E-state index in [1.54, 1.807) is 6.07 Å². The fourth-order valence-corrected chi connectivity index (χ4v) is 3.41. The van der Waals surface area contributed by atoms with Crippen LogP contribution in [-0.2, 0) is 12.8 Å². The summed E-state index contributed by atoms with van der Waals surface area (Å²) in [4.78, 5) is 14.2. The Balaban J connectivity index is 1.38. The van der Waals surface area contributed by atoms with E-state index in [0.717, 1.165) is 37.9 Å². The van der Waals surface area contributed by atoms with Crippen molar-refractivity contribution < 1.29 is 9.18 Å². The number of halogens is 1. The fraction of sp³-hybridized carbons (Fsp3) is 0.381. The molecule has 2 amide bonds. The quantitative estimate of drug-likeness (QED) is 0.875. The van der Waals surface area contributed by atoms with Gasteiger partial charge in [0.15, 0.2) is 0 Å². The molecule has 1 aliphatic heterocycles. The number of amides is 2. The Bertz CT molecular complexity index is 681. The normalized spacial score (nSPS) is 15.2. The van der Waals surface area contributed by atoms with Gasteiger partial charge in [0.2, 0.25) is 0 Å². The molecule has 132 valence electrons. The summed E-state index contributed by atoms with van der Waals surface area (Å²) in [6.45, 7) is 2.15. The summed E-state index contributed by atoms with van der Waals surface area (Å²) in [5.74, 6) is 0.419. The molecule has 2 aromatic carbocycles. The van der Waals surface area contributed by atoms with Gasteiger partial charge in [-0.1, -0.05) is 42.5 Å². The minimum Gasteiger partial charge on any atom is -0.338 e. The average molecular weight is 340 g/mol. The molecule has 1 fully saturated rings. The Morgan fingerprint density at radius 2 is 1.76 bits per heavy atom. The third-order valence-electron chi connectivity index (χ3n) is 4.85. The van der Waals surface area contributed by atoms with Gasteiger partial charge in [-0.25, -0.2) is 9.18 Å². The van der Waals surface area contributed by atoms with Crippen LogP contribution in [0.4, 0.5) is 9.18 Å². The zero-order valence-corrected chi connectivity index (χ0v) is 14.5. The Hall–Kier alpha value is -2.36. The summed E-state index contributed by atoms with van der Waals surface area (Å²) < 4.78 is 13.1. The maximum Gasteiger partial charge on any atom is 0.317 e. The SMILES string of the molecule is O=C(NCCc1cccc(F)c1)N1CCC(Cc2ccccc2)CC1. The lowest BCUT2D eigenvalue weighted by molar-refractivity contribution is 0.170. The van der Waals surface area contributed by atoms with Crippen LogP contribution >= 0.6 is 0 Å². The van der Waals surface area contributed by atoms with Gasteiger partial charge in [-0.15, -0.1) is 0 Å². The van der Waals surface area contributed by atoms with E-state index >= 15 is 0 Å². The van der Waals surface area contributed by atoms with E-state index in [4.69, 9.17) is 0 Å². The van der Waals surface area contributed by atoms with Crippen LogP contribution in [0.1, 0.15) is 24.0 Å². The van der Waals surface area contributed by atoms with Crippen molar-refractivity contribution in [1.29, 1.82) is 0 Å². The molecule has 0 spiro atoms. The molecule has 1 heterocycles. The first-order chi connectivity index (χ1) is 12.2. The highest BCUT2D eigenvalue weighted by atomic mass is 19.1. The van der Waals surface area contributed by atoms with Crippen LogP contribution in [0.2, 0.25) is 0 Å². The smallest absolute Gasteiger partial charge is 0.317 e. The second kappa shape index (κ2) is 8.65. The Labute approximate surface area is 148 Å². The first kappa shape index (κ1) is 17.5. The zero-order chi connectivity index (χ0) is 17.5. The second-order valence-corrected chi connectivity index (χ2v) is 6.73. The number of hydrogen-bond acceptors (Lipinski definition) is 1. The largest absolute Gasteiger partial charge is 0.338 e. The molecule has 3 nitrogen and oxygen atoms in total. The number of carbonyl (C=O) groups is 1. The number of nitrogens with one attached hydrogen (secondary N) is 1. The van der Waals surface area contributed by atoms with Gasteiger partial charge < -0.3 is 10.2 Å². The van der Waals surface area contributed by atoms with Gasteiger partial charge in [-0.3, -0.25) is 0 Å². The van der Waals surface area contributed by atoms with Gasteiger partial charge >= 0.3 is 6.03 Å². The van der Waals surface area contributed by atoms with E-state index < -0.39 is 0 Å². The highest BCUT2D eigenvalue weighted by Crippen LogP contribution is 2.21. The number of urea groups is 1. The van der Waals surface area contributed by atoms with Gasteiger partial charge in [0, 0.05) is 19.6 Å². The summed E-state index contributed by atoms with van der Waals surface area (Å²) in [6.07, 6.45) is 3.84. The standard InChI is InChI=1S/C21H25FN2O/c22-20-8-4-7-18(16-20)9-12-23-21(25)24-13-10-19(11-14-24)15-17-5-2-1-3-6-17/h1-8,16,19H,9-15H2,(H,23,25). The van der Waals surface area contributed by atoms with Crippen LogP contribution in [0.15, 0.2) is 54.6 Å². The molecule has 1 N–H and O–H groups in total. The maximum atomic E-state index is 13.1. The molecule has 0 unspecified atom stereocenters. The van der Waals surface area contributed by atoms with Gasteiger partial charge in [0.25, 0.3) is 0 Å². The van der Waals surface area contributed by atoms with Crippen molar-refractivity contribution >= 4 is 6.03 Å². The summed E-state index contributed by atoms with van der Waals surface area (Å²) in [5.41, 5.74) is 2.28. The van der Waals surface area contributed by atoms with Crippen molar-refractivity contribution in [2.24, 2.45) is 5.92 Å². The first-order valence-electron chi connectivity index (χ1n) is 9.02. The number of piperidine rings is 1. The molecule has 0 atom stereocenters. The van der Waals surface area contributed by atoms with Crippen LogP contribution in [0, 0.1) is 11.7 Å². The first-order valence-corrected chi connectivity index (χ1v) is 9.02. The van der Waals surface area contributed by atoms with E-state index in [-0.39, 0.29) is 11.8 Å². The molecule has 1 aliphatic rings. The summed E-state index contributed by atoms with van der Waals surface area (Å²) in [5, 5.41) is 2.95. The van der Waals surface area contributed by atoms with Crippen LogP contribution in [-0.4, -0.2) is 30.6 Å². The number of nitrogens with zero attached hydrogens (tertiary/aromatic N) is 1. The number of hydrogen-bond donors (Lipinski definition) is 1. The van der Waals surface area contributed by atoms with Crippen molar-refractivity contribution in [3.8, 4) is 0 Å². The zero-order valence-electron chi connectivity index (χ0n) is 14.5. The number of likely N-dealkylation sites (tertiary alicyclic amines) is 1. The van der Waals surface area contributed by atoms with Crippen molar-refractivity contribution in [3.05, 3.63) is 71.5 Å². The third-order valence-corrected chi connectivity index (χ3v) is 4.85. The van der Waals surface area contributed by atoms with Gasteiger partial charge in [0.05, 0.1) is 0 Å². The molecular weight excluding hydrogens is 315 g/mol. The van der Waals surface area contributed by atoms with Gasteiger partial charge in [-0.05, 0) is 54.9 Å². The lowest BCUT2D eigenvalue weighted by Gasteiger charge is -2.32. The molecule has 0 bridgehead atoms. The van der Waals surface area contributed by atoms with Crippen LogP contribution in [0.3, 0.4) is 0 Å². The molecule has 0 saturated carbocycles. The lowest BCUT2D eigenvalue weighted by Crippen LogP contribution is -2.45. The molecule has 3 rings (SSSR count). The predicted octanol–water partition coefficient (Wildman–Crippen LogP) is 4.03. The molecule has 4 heteroatoms. The Morgan fingerprint density at radius 1 is 1.04 bits per heavy atom. The lowest BCUT2D eigenvalue weighted by atomic mass is 9.90. The van der Waals surface area contributed by atoms with E-state index in [1.165, 1.54) is 17.7 Å². The summed E-state index contributed by atoms with van der Waals surface area (Å²) in [6, 6.07) is 17.1. The molecule has 0 aromatic heterocycles. The van der Waals surface area contributed by atoms with Crippen LogP contribution in [0.5, 0.6) is 0 Å². The number of rotatable bonds is 5. The van der Waals surface area contributed by atoms with E-state index in [1.807, 2.05) is 17.0 Å². The van der Waals surface area contributed by atoms with E-state index in [0.29, 0.717) is 18.9 Å². The number of benzene rings is 2. The summed E-state index contributed by atoms with van der Waals surface area (Å²) in [7, 11) is 0. The van der Waals surface area contributed by atoms with Crippen molar-refractivity contribution in [2.45, 2.75) is 25.7 Å². The molecule has 2 aromatic rings. The highest BCUT2D eigenvalue weighted by Gasteiger charge is 2.22. The van der Waals surface area contributed by atoms with Crippen molar-refractivity contribution in [2.75, 3.05) is 19.6 Å². The minimum absolute atomic E-state index is 0.00503. The van der Waals surface area contributed by atoms with E-state index in [2.05, 4.69) is 29.6 Å². The van der Waals surface area contributed by atoms with Gasteiger partial charge in [-0.2, -0.15) is 0 Å². The maximum absolute atomic E-state index is 13.1. The fourth-order valence-electron chi connectivity index (χ4n) is 3.41. The Kier molecular flexibility index (Phi) is 6.04. The van der Waals surface area contributed by atoms with Crippen LogP contribution in [0.25, 0.3) is 0 Å². The third kappa shape index (κ3) is 5.31. The van der Waals surface area contributed by atoms with Gasteiger partial charge in [0.1, 0.15) is 5.82 Å². The Morgan fingerprint density at radius 3 is 2.48 bits per heavy atom. The molecule has 25 heavy (non-hydrogen) atoms. The summed E-state index contributed by atoms with van der Waals surface area (Å²) >= 11 is 0. The average Bonchev–Trinajstić information content (AvgIpc) is 2.63. The number of carbonyl (C=O) groups excluding carboxylic acids is 1. The highest BCUT2D eigenvalue weighted by molar-refractivity contribution is 5.74. The monoisotopic (exact) mass is 340 g/mol. The van der Waals surface area contributed by atoms with Crippen LogP contribution < -0.4 is 5.32 Å². The predicted molar refractivity (Wildman–Crippen MR) is 97.9 cm³/mol. The van der Waals surface area contributed by atoms with E-state index in [9.17, 15) is 9.18 Å². The minimum atomic E-state index is -0.232. The topological polar surface area (TPSA) is 32.3 Å². The molecule has 0 aliphatic carbocycles. The van der Waals surface area contributed by atoms with Crippen molar-refractivity contribution in [3.63, 3.8) is 0 Å². The molecule has 1 saturated heterocycles. The molecular formula is C21H25FN2O. The molecule has 0 radical (unpaired) electrons. The van der Waals surface area contributed by atoms with Crippen molar-refractivity contribution in [1.82, 2.24) is 10.2 Å². The second-order valence-electron chi connectivity index (χ2n) is 6.73.